The molecular weight excluding hydrogens is 336 g/mol. The maximum absolute atomic E-state index is 12.1. The number of hydrogen-bond acceptors (Lipinski definition) is 8. The van der Waals surface area contributed by atoms with Gasteiger partial charge in [-0.1, -0.05) is 0 Å². The van der Waals surface area contributed by atoms with Gasteiger partial charge in [0.05, 0.1) is 11.7 Å². The molecule has 2 rings (SSSR count). The fourth-order valence-electron chi connectivity index (χ4n) is 2.52. The van der Waals surface area contributed by atoms with E-state index in [2.05, 4.69) is 0 Å². The number of ketones is 1. The summed E-state index contributed by atoms with van der Waals surface area (Å²) in [5.41, 5.74) is -1.86. The molecule has 25 heavy (non-hydrogen) atoms. The van der Waals surface area contributed by atoms with Crippen LogP contribution < -0.4 is 11.2 Å². The average Bonchev–Trinajstić information content (AvgIpc) is 2.86. The van der Waals surface area contributed by atoms with E-state index in [9.17, 15) is 24.0 Å². The summed E-state index contributed by atoms with van der Waals surface area (Å²) >= 11 is 0. The van der Waals surface area contributed by atoms with E-state index in [0.29, 0.717) is 0 Å². The Bertz CT molecular complexity index is 808. The smallest absolute Gasteiger partial charge is 0.330 e. The minimum atomic E-state index is -1.06. The zero-order valence-corrected chi connectivity index (χ0v) is 13.9. The van der Waals surface area contributed by atoms with Crippen LogP contribution in [-0.2, 0) is 23.8 Å². The minimum absolute atomic E-state index is 0.0821. The van der Waals surface area contributed by atoms with E-state index in [1.807, 2.05) is 4.98 Å². The number of nitrogens with one attached hydrogen (secondary N) is 1. The molecule has 136 valence electrons. The third-order valence-electron chi connectivity index (χ3n) is 3.56. The zero-order chi connectivity index (χ0) is 18.7. The van der Waals surface area contributed by atoms with Crippen LogP contribution in [0.1, 0.15) is 43.8 Å². The first-order chi connectivity index (χ1) is 11.7. The number of ether oxygens (including phenoxy) is 3. The molecule has 10 heteroatoms. The third-order valence-corrected chi connectivity index (χ3v) is 3.56. The molecule has 1 aromatic rings. The number of carbonyl (C=O) groups is 3. The second kappa shape index (κ2) is 7.43. The first-order valence-corrected chi connectivity index (χ1v) is 7.51. The topological polar surface area (TPSA) is 134 Å². The van der Waals surface area contributed by atoms with Crippen LogP contribution in [0.5, 0.6) is 0 Å². The molecule has 0 unspecified atom stereocenters. The lowest BCUT2D eigenvalue weighted by Gasteiger charge is -2.20. The quantitative estimate of drug-likeness (QED) is 0.553. The molecule has 0 aliphatic carbocycles. The van der Waals surface area contributed by atoms with Gasteiger partial charge in [0.2, 0.25) is 0 Å². The van der Waals surface area contributed by atoms with E-state index in [-0.39, 0.29) is 18.6 Å². The lowest BCUT2D eigenvalue weighted by Crippen LogP contribution is -2.38. The SMILES string of the molecule is CC(=O)OC[C@@H]1C[C@@H](OC(C)=O)[C@H](n2cc(C(C)=O)c(=O)[nH]c2=O)O1. The van der Waals surface area contributed by atoms with E-state index >= 15 is 0 Å². The summed E-state index contributed by atoms with van der Waals surface area (Å²) < 4.78 is 16.7. The molecule has 0 bridgehead atoms. The predicted molar refractivity (Wildman–Crippen MR) is 82.0 cm³/mol. The van der Waals surface area contributed by atoms with Crippen LogP contribution in [0.4, 0.5) is 0 Å². The van der Waals surface area contributed by atoms with Crippen molar-refractivity contribution >= 4 is 17.7 Å². The van der Waals surface area contributed by atoms with Crippen LogP contribution in [0, 0.1) is 0 Å². The lowest BCUT2D eigenvalue weighted by atomic mass is 10.2. The van der Waals surface area contributed by atoms with Gasteiger partial charge in [-0.25, -0.2) is 4.79 Å². The van der Waals surface area contributed by atoms with Gasteiger partial charge in [-0.05, 0) is 6.92 Å². The second-order valence-electron chi connectivity index (χ2n) is 5.60. The van der Waals surface area contributed by atoms with Crippen molar-refractivity contribution < 1.29 is 28.6 Å². The molecule has 1 aliphatic heterocycles. The van der Waals surface area contributed by atoms with Gasteiger partial charge < -0.3 is 14.2 Å². The Morgan fingerprint density at radius 3 is 2.48 bits per heavy atom. The molecule has 1 saturated heterocycles. The summed E-state index contributed by atoms with van der Waals surface area (Å²) in [5, 5.41) is 0. The molecule has 0 radical (unpaired) electrons. The summed E-state index contributed by atoms with van der Waals surface area (Å²) in [5.74, 6) is -1.62. The first-order valence-electron chi connectivity index (χ1n) is 7.51. The number of esters is 2. The maximum Gasteiger partial charge on any atom is 0.330 e. The normalized spacial score (nSPS) is 22.4. The number of Topliss-reactive ketones (excluding diaryl/α,β-unsaturated/α-hetero) is 1. The van der Waals surface area contributed by atoms with Gasteiger partial charge in [0.1, 0.15) is 12.7 Å². The Labute approximate surface area is 141 Å². The third kappa shape index (κ3) is 4.41. The number of hydrogen-bond donors (Lipinski definition) is 1. The number of nitrogens with zero attached hydrogens (tertiary/aromatic N) is 1. The highest BCUT2D eigenvalue weighted by molar-refractivity contribution is 5.93. The molecule has 1 N–H and O–H groups in total. The number of aromatic nitrogens is 2. The van der Waals surface area contributed by atoms with Gasteiger partial charge in [-0.2, -0.15) is 0 Å². The highest BCUT2D eigenvalue weighted by atomic mass is 16.6. The van der Waals surface area contributed by atoms with Crippen molar-refractivity contribution in [3.8, 4) is 0 Å². The second-order valence-corrected chi connectivity index (χ2v) is 5.60. The Kier molecular flexibility index (Phi) is 5.52. The van der Waals surface area contributed by atoms with Gasteiger partial charge in [0, 0.05) is 26.5 Å². The summed E-state index contributed by atoms with van der Waals surface area (Å²) in [6.45, 7) is 3.54. The Morgan fingerprint density at radius 2 is 1.92 bits per heavy atom. The van der Waals surface area contributed by atoms with E-state index < -0.39 is 47.4 Å². The van der Waals surface area contributed by atoms with Crippen molar-refractivity contribution in [1.82, 2.24) is 9.55 Å². The lowest BCUT2D eigenvalue weighted by molar-refractivity contribution is -0.153. The molecule has 10 nitrogen and oxygen atoms in total. The molecule has 1 aromatic heterocycles. The summed E-state index contributed by atoms with van der Waals surface area (Å²) in [6.07, 6.45) is -1.27. The van der Waals surface area contributed by atoms with Crippen molar-refractivity contribution in [2.24, 2.45) is 0 Å². The number of rotatable bonds is 5. The molecule has 0 spiro atoms. The number of aromatic amines is 1. The van der Waals surface area contributed by atoms with Crippen molar-refractivity contribution in [3.63, 3.8) is 0 Å². The largest absolute Gasteiger partial charge is 0.463 e. The van der Waals surface area contributed by atoms with Crippen LogP contribution in [-0.4, -0.2) is 46.1 Å². The molecule has 3 atom stereocenters. The highest BCUT2D eigenvalue weighted by Crippen LogP contribution is 2.30. The molecule has 1 aliphatic rings. The van der Waals surface area contributed by atoms with Crippen molar-refractivity contribution in [1.29, 1.82) is 0 Å². The van der Waals surface area contributed by atoms with Gasteiger partial charge >= 0.3 is 17.6 Å². The van der Waals surface area contributed by atoms with Crippen LogP contribution in [0.25, 0.3) is 0 Å². The zero-order valence-electron chi connectivity index (χ0n) is 13.9. The highest BCUT2D eigenvalue weighted by Gasteiger charge is 2.40. The Balaban J connectivity index is 2.36. The van der Waals surface area contributed by atoms with Gasteiger partial charge in [-0.3, -0.25) is 28.7 Å². The monoisotopic (exact) mass is 354 g/mol. The van der Waals surface area contributed by atoms with Crippen LogP contribution in [0.15, 0.2) is 15.8 Å². The van der Waals surface area contributed by atoms with E-state index in [1.54, 1.807) is 0 Å². The van der Waals surface area contributed by atoms with Crippen LogP contribution in [0.2, 0.25) is 0 Å². The average molecular weight is 354 g/mol. The number of carbonyl (C=O) groups excluding carboxylic acids is 3. The van der Waals surface area contributed by atoms with E-state index in [4.69, 9.17) is 14.2 Å². The predicted octanol–water partition coefficient (Wildman–Crippen LogP) is -0.478. The fraction of sp³-hybridized carbons (Fsp3) is 0.533. The van der Waals surface area contributed by atoms with Crippen molar-refractivity contribution in [3.05, 3.63) is 32.6 Å². The summed E-state index contributed by atoms with van der Waals surface area (Å²) in [6, 6.07) is 0. The van der Waals surface area contributed by atoms with Crippen molar-refractivity contribution in [2.45, 2.75) is 45.6 Å². The molecule has 0 saturated carbocycles. The fourth-order valence-corrected chi connectivity index (χ4v) is 2.52. The molecular formula is C15H18N2O8. The van der Waals surface area contributed by atoms with Crippen LogP contribution >= 0.6 is 0 Å². The minimum Gasteiger partial charge on any atom is -0.463 e. The van der Waals surface area contributed by atoms with E-state index in [1.165, 1.54) is 20.8 Å². The molecule has 0 amide bonds. The maximum atomic E-state index is 12.1. The molecule has 0 aromatic carbocycles. The van der Waals surface area contributed by atoms with Gasteiger partial charge in [-0.15, -0.1) is 0 Å². The van der Waals surface area contributed by atoms with Crippen molar-refractivity contribution in [2.75, 3.05) is 6.61 Å². The van der Waals surface area contributed by atoms with Gasteiger partial charge in [0.25, 0.3) is 5.56 Å². The molecule has 1 fully saturated rings. The van der Waals surface area contributed by atoms with E-state index in [0.717, 1.165) is 10.8 Å². The summed E-state index contributed by atoms with van der Waals surface area (Å²) in [4.78, 5) is 59.6. The van der Waals surface area contributed by atoms with Crippen LogP contribution in [0.3, 0.4) is 0 Å². The Hall–Kier alpha value is -2.75. The molecule has 2 heterocycles. The first kappa shape index (κ1) is 18.6. The Morgan fingerprint density at radius 1 is 1.24 bits per heavy atom. The standard InChI is InChI=1S/C15H18N2O8/c1-7(18)11-5-17(15(22)16-13(11)21)14-12(24-9(3)20)4-10(25-14)6-23-8(2)19/h5,10,12,14H,4,6H2,1-3H3,(H,16,21,22)/t10-,12+,14+/m0/s1. The number of H-pyrrole nitrogens is 1. The summed E-state index contributed by atoms with van der Waals surface area (Å²) in [7, 11) is 0. The van der Waals surface area contributed by atoms with Gasteiger partial charge in [0.15, 0.2) is 12.0 Å².